The lowest BCUT2D eigenvalue weighted by atomic mass is 9.95. The number of nitrogens with one attached hydrogen (secondary N) is 1. The Kier molecular flexibility index (Phi) is 7.48. The first-order valence-electron chi connectivity index (χ1n) is 9.41. The number of carboxylic acid groups (broad SMARTS) is 1. The van der Waals surface area contributed by atoms with Gasteiger partial charge in [0, 0.05) is 11.3 Å². The van der Waals surface area contributed by atoms with Crippen LogP contribution in [0.3, 0.4) is 0 Å². The van der Waals surface area contributed by atoms with E-state index in [1.54, 1.807) is 25.1 Å². The summed E-state index contributed by atoms with van der Waals surface area (Å²) in [6, 6.07) is 8.28. The second kappa shape index (κ2) is 9.65. The van der Waals surface area contributed by atoms with Gasteiger partial charge in [0.05, 0.1) is 25.0 Å². The fourth-order valence-corrected chi connectivity index (χ4v) is 3.14. The van der Waals surface area contributed by atoms with E-state index in [4.69, 9.17) is 4.74 Å². The molecule has 0 spiro atoms. The number of ether oxygens (including phenoxy) is 1. The van der Waals surface area contributed by atoms with Crippen LogP contribution in [-0.4, -0.2) is 24.1 Å². The molecule has 0 bridgehead atoms. The molecule has 1 unspecified atom stereocenters. The molecule has 0 saturated heterocycles. The van der Waals surface area contributed by atoms with Crippen LogP contribution in [0.25, 0.3) is 0 Å². The van der Waals surface area contributed by atoms with Gasteiger partial charge in [-0.25, -0.2) is 0 Å². The number of benzene rings is 2. The highest BCUT2D eigenvalue weighted by molar-refractivity contribution is 5.93. The highest BCUT2D eigenvalue weighted by atomic mass is 19.4. The smallest absolute Gasteiger partial charge is 0.416 e. The molecule has 30 heavy (non-hydrogen) atoms. The topological polar surface area (TPSA) is 75.6 Å². The lowest BCUT2D eigenvalue weighted by Crippen LogP contribution is -2.17. The number of carbonyl (C=O) groups excluding carboxylic acids is 1. The summed E-state index contributed by atoms with van der Waals surface area (Å²) in [7, 11) is 1.46. The van der Waals surface area contributed by atoms with Gasteiger partial charge in [0.2, 0.25) is 5.91 Å². The predicted octanol–water partition coefficient (Wildman–Crippen LogP) is 4.86. The van der Waals surface area contributed by atoms with Gasteiger partial charge >= 0.3 is 12.1 Å². The van der Waals surface area contributed by atoms with Gasteiger partial charge in [-0.3, -0.25) is 9.59 Å². The van der Waals surface area contributed by atoms with Crippen molar-refractivity contribution in [1.29, 1.82) is 0 Å². The molecule has 0 aliphatic carbocycles. The van der Waals surface area contributed by atoms with Gasteiger partial charge in [0.25, 0.3) is 0 Å². The number of aryl methyl sites for hydroxylation is 1. The first kappa shape index (κ1) is 23.3. The van der Waals surface area contributed by atoms with Crippen LogP contribution in [0, 0.1) is 12.8 Å². The number of halogens is 3. The number of hydrogen-bond donors (Lipinski definition) is 2. The zero-order valence-corrected chi connectivity index (χ0v) is 17.0. The Labute approximate surface area is 172 Å². The van der Waals surface area contributed by atoms with Crippen molar-refractivity contribution < 1.29 is 32.6 Å². The molecule has 1 atom stereocenters. The second-order valence-electron chi connectivity index (χ2n) is 7.05. The van der Waals surface area contributed by atoms with Crippen molar-refractivity contribution >= 4 is 17.6 Å². The van der Waals surface area contributed by atoms with Gasteiger partial charge in [0.15, 0.2) is 0 Å². The summed E-state index contributed by atoms with van der Waals surface area (Å²) in [5.74, 6) is -1.36. The zero-order valence-electron chi connectivity index (χ0n) is 17.0. The van der Waals surface area contributed by atoms with Gasteiger partial charge in [-0.2, -0.15) is 13.2 Å². The Balaban J connectivity index is 2.17. The molecule has 2 aromatic carbocycles. The first-order valence-corrected chi connectivity index (χ1v) is 9.41. The van der Waals surface area contributed by atoms with E-state index < -0.39 is 29.5 Å². The van der Waals surface area contributed by atoms with E-state index >= 15 is 0 Å². The van der Waals surface area contributed by atoms with Crippen molar-refractivity contribution in [3.8, 4) is 5.75 Å². The van der Waals surface area contributed by atoms with Crippen molar-refractivity contribution in [2.24, 2.45) is 5.92 Å². The molecule has 0 aliphatic rings. The third-order valence-electron chi connectivity index (χ3n) is 4.85. The van der Waals surface area contributed by atoms with Gasteiger partial charge in [-0.1, -0.05) is 19.1 Å². The molecular formula is C22H24F3NO4. The number of hydrogen-bond acceptors (Lipinski definition) is 3. The van der Waals surface area contributed by atoms with Crippen LogP contribution in [0.5, 0.6) is 5.75 Å². The van der Waals surface area contributed by atoms with Crippen molar-refractivity contribution in [1.82, 2.24) is 0 Å². The number of anilines is 1. The van der Waals surface area contributed by atoms with E-state index in [-0.39, 0.29) is 6.42 Å². The van der Waals surface area contributed by atoms with E-state index in [1.165, 1.54) is 20.1 Å². The summed E-state index contributed by atoms with van der Waals surface area (Å²) in [6.07, 6.45) is -3.72. The Hall–Kier alpha value is -3.03. The molecule has 0 aliphatic heterocycles. The maximum Gasteiger partial charge on any atom is 0.416 e. The van der Waals surface area contributed by atoms with E-state index in [0.29, 0.717) is 35.4 Å². The van der Waals surface area contributed by atoms with Crippen molar-refractivity contribution in [3.05, 3.63) is 58.7 Å². The van der Waals surface area contributed by atoms with Gasteiger partial charge in [-0.05, 0) is 55.2 Å². The monoisotopic (exact) mass is 423 g/mol. The maximum absolute atomic E-state index is 12.8. The summed E-state index contributed by atoms with van der Waals surface area (Å²) in [6.45, 7) is 3.28. The SMILES string of the molecule is CCC(Cc1ccc(OC)c(CC(=O)Nc2ccc(C(F)(F)F)cc2C)c1)C(=O)O. The van der Waals surface area contributed by atoms with Gasteiger partial charge in [0.1, 0.15) is 5.75 Å². The van der Waals surface area contributed by atoms with Crippen LogP contribution >= 0.6 is 0 Å². The molecule has 0 radical (unpaired) electrons. The standard InChI is InChI=1S/C22H24F3NO4/c1-4-15(21(28)29)10-14-5-8-19(30-3)16(11-14)12-20(27)26-18-7-6-17(9-13(18)2)22(23,24)25/h5-9,11,15H,4,10,12H2,1-3H3,(H,26,27)(H,28,29). The Morgan fingerprint density at radius 2 is 1.87 bits per heavy atom. The highest BCUT2D eigenvalue weighted by Gasteiger charge is 2.30. The largest absolute Gasteiger partial charge is 0.496 e. The lowest BCUT2D eigenvalue weighted by molar-refractivity contribution is -0.142. The summed E-state index contributed by atoms with van der Waals surface area (Å²) < 4.78 is 43.7. The molecule has 1 amide bonds. The minimum absolute atomic E-state index is 0.0681. The van der Waals surface area contributed by atoms with Crippen LogP contribution in [0.1, 0.15) is 35.6 Å². The molecule has 0 saturated carbocycles. The third-order valence-corrected chi connectivity index (χ3v) is 4.85. The van der Waals surface area contributed by atoms with Crippen LogP contribution in [0.15, 0.2) is 36.4 Å². The average Bonchev–Trinajstić information content (AvgIpc) is 2.66. The molecule has 2 rings (SSSR count). The molecule has 0 aromatic heterocycles. The van der Waals surface area contributed by atoms with Crippen LogP contribution < -0.4 is 10.1 Å². The van der Waals surface area contributed by atoms with Crippen LogP contribution in [0.2, 0.25) is 0 Å². The number of carboxylic acids is 1. The molecule has 0 heterocycles. The highest BCUT2D eigenvalue weighted by Crippen LogP contribution is 2.31. The first-order chi connectivity index (χ1) is 14.0. The predicted molar refractivity (Wildman–Crippen MR) is 107 cm³/mol. The van der Waals surface area contributed by atoms with E-state index in [2.05, 4.69) is 5.32 Å². The molecular weight excluding hydrogens is 399 g/mol. The summed E-state index contributed by atoms with van der Waals surface area (Å²) in [5, 5.41) is 11.9. The number of rotatable bonds is 8. The number of amides is 1. The zero-order chi connectivity index (χ0) is 22.5. The Bertz CT molecular complexity index is 925. The molecule has 0 fully saturated rings. The number of carbonyl (C=O) groups is 2. The lowest BCUT2D eigenvalue weighted by Gasteiger charge is -2.15. The third kappa shape index (κ3) is 5.98. The van der Waals surface area contributed by atoms with Crippen LogP contribution in [-0.2, 0) is 28.6 Å². The fourth-order valence-electron chi connectivity index (χ4n) is 3.14. The molecule has 2 N–H and O–H groups in total. The maximum atomic E-state index is 12.8. The molecule has 5 nitrogen and oxygen atoms in total. The van der Waals surface area contributed by atoms with E-state index in [1.807, 2.05) is 0 Å². The number of methoxy groups -OCH3 is 1. The fraction of sp³-hybridized carbons (Fsp3) is 0.364. The van der Waals surface area contributed by atoms with Crippen molar-refractivity contribution in [3.63, 3.8) is 0 Å². The Morgan fingerprint density at radius 3 is 2.40 bits per heavy atom. The summed E-state index contributed by atoms with van der Waals surface area (Å²) in [4.78, 5) is 23.8. The van der Waals surface area contributed by atoms with Crippen LogP contribution in [0.4, 0.5) is 18.9 Å². The average molecular weight is 423 g/mol. The minimum atomic E-state index is -4.45. The molecule has 162 valence electrons. The number of alkyl halides is 3. The van der Waals surface area contributed by atoms with Gasteiger partial charge in [-0.15, -0.1) is 0 Å². The molecule has 2 aromatic rings. The summed E-state index contributed by atoms with van der Waals surface area (Å²) >= 11 is 0. The molecule has 8 heteroatoms. The quantitative estimate of drug-likeness (QED) is 0.636. The normalized spacial score (nSPS) is 12.3. The van der Waals surface area contributed by atoms with Crippen molar-refractivity contribution in [2.75, 3.05) is 12.4 Å². The van der Waals surface area contributed by atoms with E-state index in [0.717, 1.165) is 17.7 Å². The second-order valence-corrected chi connectivity index (χ2v) is 7.05. The van der Waals surface area contributed by atoms with Crippen molar-refractivity contribution in [2.45, 2.75) is 39.3 Å². The van der Waals surface area contributed by atoms with E-state index in [9.17, 15) is 27.9 Å². The minimum Gasteiger partial charge on any atom is -0.496 e. The summed E-state index contributed by atoms with van der Waals surface area (Å²) in [5.41, 5.74) is 1.14. The van der Waals surface area contributed by atoms with Gasteiger partial charge < -0.3 is 15.2 Å². The Morgan fingerprint density at radius 1 is 1.17 bits per heavy atom. The number of aliphatic carboxylic acids is 1.